The lowest BCUT2D eigenvalue weighted by Gasteiger charge is -2.27. The van der Waals surface area contributed by atoms with Crippen molar-refractivity contribution in [2.24, 2.45) is 0 Å². The highest BCUT2D eigenvalue weighted by molar-refractivity contribution is 9.11. The van der Waals surface area contributed by atoms with E-state index >= 15 is 0 Å². The summed E-state index contributed by atoms with van der Waals surface area (Å²) in [4.78, 5) is 20.8. The lowest BCUT2D eigenvalue weighted by atomic mass is 10.1. The summed E-state index contributed by atoms with van der Waals surface area (Å²) in [7, 11) is 0. The fourth-order valence-corrected chi connectivity index (χ4v) is 3.28. The second kappa shape index (κ2) is 6.45. The Labute approximate surface area is 119 Å². The number of hydrogen-bond acceptors (Lipinski definition) is 4. The van der Waals surface area contributed by atoms with Gasteiger partial charge in [0.15, 0.2) is 5.13 Å². The Morgan fingerprint density at radius 3 is 2.94 bits per heavy atom. The van der Waals surface area contributed by atoms with Crippen molar-refractivity contribution < 1.29 is 4.79 Å². The van der Waals surface area contributed by atoms with E-state index in [2.05, 4.69) is 31.1 Å². The van der Waals surface area contributed by atoms with Gasteiger partial charge in [0.2, 0.25) is 5.91 Å². The third-order valence-corrected chi connectivity index (χ3v) is 4.41. The summed E-state index contributed by atoms with van der Waals surface area (Å²) in [6.45, 7) is 4.60. The SMILES string of the molecule is CC(=O)Nc1ncc(CN2CCC(=CBr)CC2)s1. The van der Waals surface area contributed by atoms with Crippen molar-refractivity contribution in [3.63, 3.8) is 0 Å². The highest BCUT2D eigenvalue weighted by Gasteiger charge is 2.15. The highest BCUT2D eigenvalue weighted by atomic mass is 79.9. The number of piperidine rings is 1. The van der Waals surface area contributed by atoms with Crippen LogP contribution in [0.1, 0.15) is 24.6 Å². The van der Waals surface area contributed by atoms with Gasteiger partial charge in [0.05, 0.1) is 0 Å². The highest BCUT2D eigenvalue weighted by Crippen LogP contribution is 2.23. The molecule has 2 rings (SSSR count). The van der Waals surface area contributed by atoms with Crippen LogP contribution in [0.3, 0.4) is 0 Å². The molecular formula is C12H16BrN3OS. The number of rotatable bonds is 3. The van der Waals surface area contributed by atoms with E-state index in [-0.39, 0.29) is 5.91 Å². The molecule has 18 heavy (non-hydrogen) atoms. The van der Waals surface area contributed by atoms with Crippen LogP contribution < -0.4 is 5.32 Å². The Morgan fingerprint density at radius 2 is 2.33 bits per heavy atom. The maximum Gasteiger partial charge on any atom is 0.223 e. The first-order valence-corrected chi connectivity index (χ1v) is 7.63. The molecule has 2 heterocycles. The molecule has 0 radical (unpaired) electrons. The predicted molar refractivity (Wildman–Crippen MR) is 77.9 cm³/mol. The van der Waals surface area contributed by atoms with Crippen LogP contribution in [0, 0.1) is 0 Å². The number of likely N-dealkylation sites (tertiary alicyclic amines) is 1. The van der Waals surface area contributed by atoms with E-state index in [1.807, 2.05) is 11.2 Å². The standard InChI is InChI=1S/C12H16BrN3OS/c1-9(17)15-12-14-7-11(18-12)8-16-4-2-10(6-13)3-5-16/h6-7H,2-5,8H2,1H3,(H,14,15,17). The van der Waals surface area contributed by atoms with Crippen LogP contribution in [-0.4, -0.2) is 28.9 Å². The summed E-state index contributed by atoms with van der Waals surface area (Å²) in [5, 5.41) is 3.40. The van der Waals surface area contributed by atoms with E-state index in [0.717, 1.165) is 32.5 Å². The maximum absolute atomic E-state index is 10.9. The fraction of sp³-hybridized carbons (Fsp3) is 0.500. The zero-order valence-electron chi connectivity index (χ0n) is 10.3. The second-order valence-electron chi connectivity index (χ2n) is 4.36. The summed E-state index contributed by atoms with van der Waals surface area (Å²) < 4.78 is 0. The number of carbonyl (C=O) groups excluding carboxylic acids is 1. The van der Waals surface area contributed by atoms with Gasteiger partial charge < -0.3 is 5.32 Å². The summed E-state index contributed by atoms with van der Waals surface area (Å²) in [6, 6.07) is 0. The molecule has 0 bridgehead atoms. The maximum atomic E-state index is 10.9. The molecule has 1 amide bonds. The number of hydrogen-bond donors (Lipinski definition) is 1. The van der Waals surface area contributed by atoms with Gasteiger partial charge in [0.25, 0.3) is 0 Å². The first kappa shape index (κ1) is 13.7. The molecule has 1 aliphatic rings. The molecule has 0 spiro atoms. The Bertz CT molecular complexity index is 448. The van der Waals surface area contributed by atoms with E-state index in [0.29, 0.717) is 5.13 Å². The first-order valence-electron chi connectivity index (χ1n) is 5.90. The quantitative estimate of drug-likeness (QED) is 0.927. The molecule has 1 aromatic heterocycles. The summed E-state index contributed by atoms with van der Waals surface area (Å²) in [5.41, 5.74) is 1.48. The molecule has 1 N–H and O–H groups in total. The molecule has 1 fully saturated rings. The van der Waals surface area contributed by atoms with Crippen LogP contribution in [0.4, 0.5) is 5.13 Å². The Hall–Kier alpha value is -0.720. The summed E-state index contributed by atoms with van der Waals surface area (Å²) in [5.74, 6) is -0.0685. The van der Waals surface area contributed by atoms with E-state index in [1.54, 1.807) is 11.3 Å². The number of thiazole rings is 1. The number of nitrogens with zero attached hydrogens (tertiary/aromatic N) is 2. The Morgan fingerprint density at radius 1 is 1.61 bits per heavy atom. The van der Waals surface area contributed by atoms with Gasteiger partial charge in [-0.3, -0.25) is 9.69 Å². The Balaban J connectivity index is 1.86. The molecule has 1 aliphatic heterocycles. The van der Waals surface area contributed by atoms with Gasteiger partial charge in [0, 0.05) is 37.6 Å². The van der Waals surface area contributed by atoms with E-state index < -0.39 is 0 Å². The lowest BCUT2D eigenvalue weighted by molar-refractivity contribution is -0.114. The molecule has 1 saturated heterocycles. The number of nitrogens with one attached hydrogen (secondary N) is 1. The molecule has 4 nitrogen and oxygen atoms in total. The first-order chi connectivity index (χ1) is 8.67. The molecule has 6 heteroatoms. The normalized spacial score (nSPS) is 16.7. The number of carbonyl (C=O) groups is 1. The van der Waals surface area contributed by atoms with Gasteiger partial charge in [0.1, 0.15) is 0 Å². The summed E-state index contributed by atoms with van der Waals surface area (Å²) >= 11 is 4.95. The smallest absolute Gasteiger partial charge is 0.223 e. The van der Waals surface area contributed by atoms with Gasteiger partial charge in [-0.05, 0) is 17.8 Å². The van der Waals surface area contributed by atoms with E-state index in [9.17, 15) is 4.79 Å². The van der Waals surface area contributed by atoms with Crippen molar-refractivity contribution in [3.05, 3.63) is 21.6 Å². The zero-order valence-corrected chi connectivity index (χ0v) is 12.7. The molecule has 0 atom stereocenters. The van der Waals surface area contributed by atoms with E-state index in [4.69, 9.17) is 0 Å². The monoisotopic (exact) mass is 329 g/mol. The van der Waals surface area contributed by atoms with Crippen molar-refractivity contribution in [1.29, 1.82) is 0 Å². The number of aromatic nitrogens is 1. The minimum atomic E-state index is -0.0685. The van der Waals surface area contributed by atoms with Gasteiger partial charge in [-0.1, -0.05) is 21.5 Å². The molecule has 0 aliphatic carbocycles. The van der Waals surface area contributed by atoms with Crippen LogP contribution in [0.25, 0.3) is 0 Å². The second-order valence-corrected chi connectivity index (χ2v) is 5.93. The van der Waals surface area contributed by atoms with Gasteiger partial charge in [-0.25, -0.2) is 4.98 Å². The third kappa shape index (κ3) is 3.90. The molecule has 0 aromatic carbocycles. The van der Waals surface area contributed by atoms with Gasteiger partial charge in [-0.15, -0.1) is 11.3 Å². The molecular weight excluding hydrogens is 314 g/mol. The van der Waals surface area contributed by atoms with Crippen LogP contribution in [0.5, 0.6) is 0 Å². The van der Waals surface area contributed by atoms with Crippen LogP contribution in [0.15, 0.2) is 16.8 Å². The largest absolute Gasteiger partial charge is 0.302 e. The minimum Gasteiger partial charge on any atom is -0.302 e. The van der Waals surface area contributed by atoms with Gasteiger partial charge >= 0.3 is 0 Å². The number of anilines is 1. The number of halogens is 1. The van der Waals surface area contributed by atoms with Crippen molar-refractivity contribution in [2.45, 2.75) is 26.3 Å². The average Bonchev–Trinajstić information content (AvgIpc) is 2.76. The average molecular weight is 330 g/mol. The zero-order chi connectivity index (χ0) is 13.0. The Kier molecular flexibility index (Phi) is 4.91. The van der Waals surface area contributed by atoms with Crippen molar-refractivity contribution in [2.75, 3.05) is 18.4 Å². The van der Waals surface area contributed by atoms with Crippen LogP contribution in [0.2, 0.25) is 0 Å². The number of amides is 1. The summed E-state index contributed by atoms with van der Waals surface area (Å²) in [6.07, 6.45) is 4.11. The molecule has 1 aromatic rings. The van der Waals surface area contributed by atoms with Gasteiger partial charge in [-0.2, -0.15) is 0 Å². The van der Waals surface area contributed by atoms with E-state index in [1.165, 1.54) is 17.4 Å². The minimum absolute atomic E-state index is 0.0685. The molecule has 98 valence electrons. The lowest BCUT2D eigenvalue weighted by Crippen LogP contribution is -2.29. The van der Waals surface area contributed by atoms with Crippen LogP contribution >= 0.6 is 27.3 Å². The van der Waals surface area contributed by atoms with Crippen LogP contribution in [-0.2, 0) is 11.3 Å². The van der Waals surface area contributed by atoms with Crippen molar-refractivity contribution in [1.82, 2.24) is 9.88 Å². The fourth-order valence-electron chi connectivity index (χ4n) is 1.92. The van der Waals surface area contributed by atoms with Crippen molar-refractivity contribution in [3.8, 4) is 0 Å². The molecule has 0 unspecified atom stereocenters. The van der Waals surface area contributed by atoms with Crippen molar-refractivity contribution >= 4 is 38.3 Å². The predicted octanol–water partition coefficient (Wildman–Crippen LogP) is 2.98. The topological polar surface area (TPSA) is 45.2 Å². The third-order valence-electron chi connectivity index (χ3n) is 2.87. The molecule has 0 saturated carbocycles.